The molecule has 0 heterocycles. The van der Waals surface area contributed by atoms with Gasteiger partial charge in [0.15, 0.2) is 0 Å². The van der Waals surface area contributed by atoms with E-state index in [1.807, 2.05) is 32.0 Å². The number of carbonyl (C=O) groups excluding carboxylic acids is 3. The largest absolute Gasteiger partial charge is 0.340 e. The average Bonchev–Trinajstić information content (AvgIpc) is 2.79. The van der Waals surface area contributed by atoms with Crippen LogP contribution in [0.4, 0.5) is 26.2 Å². The van der Waals surface area contributed by atoms with Crippen molar-refractivity contribution in [1.29, 1.82) is 0 Å². The van der Waals surface area contributed by atoms with E-state index in [1.54, 1.807) is 36.4 Å². The minimum absolute atomic E-state index is 0.183. The zero-order valence-corrected chi connectivity index (χ0v) is 18.3. The smallest absolute Gasteiger partial charge is 0.323 e. The molecule has 0 aromatic heterocycles. The van der Waals surface area contributed by atoms with Crippen LogP contribution in [0.1, 0.15) is 24.2 Å². The molecule has 0 bridgehead atoms. The van der Waals surface area contributed by atoms with Crippen LogP contribution in [-0.4, -0.2) is 23.9 Å². The van der Waals surface area contributed by atoms with Crippen LogP contribution >= 0.6 is 0 Å². The van der Waals surface area contributed by atoms with Crippen LogP contribution in [0.25, 0.3) is 0 Å². The fourth-order valence-electron chi connectivity index (χ4n) is 3.03. The van der Waals surface area contributed by atoms with Gasteiger partial charge in [0.25, 0.3) is 5.91 Å². The molecule has 0 aliphatic rings. The molecule has 7 nitrogen and oxygen atoms in total. The number of nitrogens with one attached hydrogen (secondary N) is 4. The van der Waals surface area contributed by atoms with Gasteiger partial charge in [-0.1, -0.05) is 32.0 Å². The molecule has 3 aromatic carbocycles. The van der Waals surface area contributed by atoms with Gasteiger partial charge in [-0.3, -0.25) is 9.59 Å². The van der Waals surface area contributed by atoms with Crippen LogP contribution in [-0.2, 0) is 4.79 Å². The molecular weight excluding hydrogens is 423 g/mol. The SMILES string of the molecule is CC(C)[C@@H](NC(=O)c1ccc(F)cc1)C(=O)Nc1ccc(NC(=O)Nc2ccccc2)cc1. The lowest BCUT2D eigenvalue weighted by atomic mass is 10.0. The van der Waals surface area contributed by atoms with Crippen LogP contribution in [0.15, 0.2) is 78.9 Å². The van der Waals surface area contributed by atoms with Crippen molar-refractivity contribution in [2.45, 2.75) is 19.9 Å². The summed E-state index contributed by atoms with van der Waals surface area (Å²) in [6.45, 7) is 3.63. The van der Waals surface area contributed by atoms with Gasteiger partial charge in [0.2, 0.25) is 5.91 Å². The topological polar surface area (TPSA) is 99.3 Å². The van der Waals surface area contributed by atoms with E-state index >= 15 is 0 Å². The summed E-state index contributed by atoms with van der Waals surface area (Å²) in [4.78, 5) is 37.3. The van der Waals surface area contributed by atoms with Crippen LogP contribution < -0.4 is 21.3 Å². The summed E-state index contributed by atoms with van der Waals surface area (Å²) in [6, 6.07) is 19.6. The van der Waals surface area contributed by atoms with Crippen molar-refractivity contribution >= 4 is 34.9 Å². The lowest BCUT2D eigenvalue weighted by Crippen LogP contribution is -2.47. The molecule has 0 saturated heterocycles. The van der Waals surface area contributed by atoms with E-state index in [4.69, 9.17) is 0 Å². The average molecular weight is 448 g/mol. The Kier molecular flexibility index (Phi) is 7.75. The van der Waals surface area contributed by atoms with Crippen LogP contribution in [0, 0.1) is 11.7 Å². The van der Waals surface area contributed by atoms with Gasteiger partial charge in [-0.25, -0.2) is 9.18 Å². The third kappa shape index (κ3) is 6.90. The van der Waals surface area contributed by atoms with Gasteiger partial charge in [-0.2, -0.15) is 0 Å². The maximum absolute atomic E-state index is 13.1. The number of anilines is 3. The Labute approximate surface area is 191 Å². The summed E-state index contributed by atoms with van der Waals surface area (Å²) < 4.78 is 13.1. The van der Waals surface area contributed by atoms with Gasteiger partial charge >= 0.3 is 6.03 Å². The number of para-hydroxylation sites is 1. The van der Waals surface area contributed by atoms with E-state index in [0.29, 0.717) is 17.1 Å². The van der Waals surface area contributed by atoms with Gasteiger partial charge in [0.1, 0.15) is 11.9 Å². The zero-order valence-electron chi connectivity index (χ0n) is 18.3. The van der Waals surface area contributed by atoms with Crippen molar-refractivity contribution in [3.63, 3.8) is 0 Å². The highest BCUT2D eigenvalue weighted by atomic mass is 19.1. The third-order valence-electron chi connectivity index (χ3n) is 4.78. The summed E-state index contributed by atoms with van der Waals surface area (Å²) in [5.41, 5.74) is 1.99. The van der Waals surface area contributed by atoms with E-state index in [1.165, 1.54) is 24.3 Å². The summed E-state index contributed by atoms with van der Waals surface area (Å²) in [7, 11) is 0. The molecule has 8 heteroatoms. The number of rotatable bonds is 7. The highest BCUT2D eigenvalue weighted by molar-refractivity contribution is 6.02. The normalized spacial score (nSPS) is 11.4. The fourth-order valence-corrected chi connectivity index (χ4v) is 3.03. The van der Waals surface area contributed by atoms with Crippen molar-refractivity contribution < 1.29 is 18.8 Å². The van der Waals surface area contributed by atoms with E-state index < -0.39 is 17.8 Å². The van der Waals surface area contributed by atoms with Crippen molar-refractivity contribution in [1.82, 2.24) is 5.32 Å². The summed E-state index contributed by atoms with van der Waals surface area (Å²) >= 11 is 0. The molecule has 4 N–H and O–H groups in total. The first-order chi connectivity index (χ1) is 15.8. The number of hydrogen-bond acceptors (Lipinski definition) is 3. The van der Waals surface area contributed by atoms with Crippen molar-refractivity contribution in [3.05, 3.63) is 90.2 Å². The molecule has 0 saturated carbocycles. The molecule has 1 atom stereocenters. The van der Waals surface area contributed by atoms with Crippen LogP contribution in [0.5, 0.6) is 0 Å². The van der Waals surface area contributed by atoms with Crippen LogP contribution in [0.3, 0.4) is 0 Å². The molecule has 3 aromatic rings. The second-order valence-corrected chi connectivity index (χ2v) is 7.71. The van der Waals surface area contributed by atoms with Crippen molar-refractivity contribution in [2.75, 3.05) is 16.0 Å². The lowest BCUT2D eigenvalue weighted by molar-refractivity contribution is -0.118. The molecule has 0 aliphatic heterocycles. The highest BCUT2D eigenvalue weighted by Gasteiger charge is 2.25. The fraction of sp³-hybridized carbons (Fsp3) is 0.160. The summed E-state index contributed by atoms with van der Waals surface area (Å²) in [6.07, 6.45) is 0. The standard InChI is InChI=1S/C25H25FN4O3/c1-16(2)22(30-23(31)17-8-10-18(26)11-9-17)24(32)27-20-12-14-21(15-13-20)29-25(33)28-19-6-4-3-5-7-19/h3-16,22H,1-2H3,(H,27,32)(H,30,31)(H2,28,29,33)/t22-/m1/s1. The maximum atomic E-state index is 13.1. The predicted octanol–water partition coefficient (Wildman–Crippen LogP) is 4.86. The molecular formula is C25H25FN4O3. The Hall–Kier alpha value is -4.20. The second kappa shape index (κ2) is 10.9. The number of halogens is 1. The maximum Gasteiger partial charge on any atom is 0.323 e. The molecule has 0 unspecified atom stereocenters. The first-order valence-electron chi connectivity index (χ1n) is 10.4. The van der Waals surface area contributed by atoms with Gasteiger partial charge < -0.3 is 21.3 Å². The van der Waals surface area contributed by atoms with Gasteiger partial charge in [0.05, 0.1) is 0 Å². The number of benzene rings is 3. The van der Waals surface area contributed by atoms with Crippen molar-refractivity contribution in [2.24, 2.45) is 5.92 Å². The van der Waals surface area contributed by atoms with E-state index in [9.17, 15) is 18.8 Å². The molecule has 33 heavy (non-hydrogen) atoms. The van der Waals surface area contributed by atoms with E-state index in [2.05, 4.69) is 21.3 Å². The molecule has 3 rings (SSSR count). The number of hydrogen-bond donors (Lipinski definition) is 4. The first kappa shape index (κ1) is 23.5. The molecule has 170 valence electrons. The predicted molar refractivity (Wildman–Crippen MR) is 127 cm³/mol. The van der Waals surface area contributed by atoms with E-state index in [0.717, 1.165) is 0 Å². The second-order valence-electron chi connectivity index (χ2n) is 7.71. The number of amides is 4. The zero-order chi connectivity index (χ0) is 23.8. The minimum Gasteiger partial charge on any atom is -0.340 e. The quantitative estimate of drug-likeness (QED) is 0.415. The Bertz CT molecular complexity index is 1100. The Morgan fingerprint density at radius 1 is 0.697 bits per heavy atom. The Morgan fingerprint density at radius 3 is 1.76 bits per heavy atom. The third-order valence-corrected chi connectivity index (χ3v) is 4.78. The van der Waals surface area contributed by atoms with Crippen LogP contribution in [0.2, 0.25) is 0 Å². The monoisotopic (exact) mass is 448 g/mol. The highest BCUT2D eigenvalue weighted by Crippen LogP contribution is 2.16. The van der Waals surface area contributed by atoms with Gasteiger partial charge in [-0.05, 0) is 66.6 Å². The minimum atomic E-state index is -0.794. The molecule has 0 aliphatic carbocycles. The molecule has 4 amide bonds. The summed E-state index contributed by atoms with van der Waals surface area (Å²) in [5, 5.41) is 10.9. The molecule has 0 spiro atoms. The lowest BCUT2D eigenvalue weighted by Gasteiger charge is -2.22. The summed E-state index contributed by atoms with van der Waals surface area (Å²) in [5.74, 6) is -1.48. The molecule has 0 fully saturated rings. The Morgan fingerprint density at radius 2 is 1.21 bits per heavy atom. The number of carbonyl (C=O) groups is 3. The molecule has 0 radical (unpaired) electrons. The first-order valence-corrected chi connectivity index (χ1v) is 10.4. The van der Waals surface area contributed by atoms with Gasteiger partial charge in [0, 0.05) is 22.6 Å². The van der Waals surface area contributed by atoms with E-state index in [-0.39, 0.29) is 23.4 Å². The van der Waals surface area contributed by atoms with Crippen molar-refractivity contribution in [3.8, 4) is 0 Å². The van der Waals surface area contributed by atoms with Gasteiger partial charge in [-0.15, -0.1) is 0 Å². The number of urea groups is 1. The Balaban J connectivity index is 1.57.